The smallest absolute Gasteiger partial charge is 0.294 e. The van der Waals surface area contributed by atoms with Crippen molar-refractivity contribution >= 4 is 12.1 Å². The molecule has 0 atom stereocenters. The molecule has 14 heavy (non-hydrogen) atoms. The molecule has 0 bridgehead atoms. The van der Waals surface area contributed by atoms with E-state index in [9.17, 15) is 4.79 Å². The van der Waals surface area contributed by atoms with Crippen LogP contribution >= 0.6 is 0 Å². The quantitative estimate of drug-likeness (QED) is 0.585. The van der Waals surface area contributed by atoms with Crippen molar-refractivity contribution in [2.45, 2.75) is 6.54 Å². The Labute approximate surface area is 80.4 Å². The van der Waals surface area contributed by atoms with Crippen LogP contribution < -0.4 is 0 Å². The van der Waals surface area contributed by atoms with Crippen molar-refractivity contribution < 1.29 is 9.53 Å². The molecular formula is C9H9N3O2. The van der Waals surface area contributed by atoms with Crippen LogP contribution in [0.25, 0.3) is 0 Å². The van der Waals surface area contributed by atoms with Crippen molar-refractivity contribution in [3.8, 4) is 0 Å². The number of hydrogen-bond donors (Lipinski definition) is 0. The maximum absolute atomic E-state index is 11.5. The van der Waals surface area contributed by atoms with Gasteiger partial charge in [0.25, 0.3) is 5.91 Å². The number of ether oxygens (including phenoxy) is 1. The van der Waals surface area contributed by atoms with Crippen LogP contribution in [0.3, 0.4) is 0 Å². The second-order valence-corrected chi connectivity index (χ2v) is 3.79. The van der Waals surface area contributed by atoms with Gasteiger partial charge in [0, 0.05) is 12.4 Å². The molecule has 0 N–H and O–H groups in total. The normalized spacial score (nSPS) is 23.0. The van der Waals surface area contributed by atoms with Gasteiger partial charge in [-0.3, -0.25) is 9.48 Å². The van der Waals surface area contributed by atoms with E-state index in [0.29, 0.717) is 25.5 Å². The highest BCUT2D eigenvalue weighted by Crippen LogP contribution is 2.29. The van der Waals surface area contributed by atoms with E-state index in [1.807, 2.05) is 0 Å². The van der Waals surface area contributed by atoms with Gasteiger partial charge >= 0.3 is 0 Å². The van der Waals surface area contributed by atoms with Crippen molar-refractivity contribution in [1.29, 1.82) is 0 Å². The summed E-state index contributed by atoms with van der Waals surface area (Å²) in [6.07, 6.45) is 3.34. The van der Waals surface area contributed by atoms with Crippen LogP contribution in [0.2, 0.25) is 0 Å². The minimum Gasteiger partial charge on any atom is -0.379 e. The number of aromatic nitrogens is 2. The second kappa shape index (κ2) is 2.51. The molecule has 1 spiro atoms. The molecule has 5 heteroatoms. The minimum atomic E-state index is -0.216. The third kappa shape index (κ3) is 0.957. The predicted octanol–water partition coefficient (Wildman–Crippen LogP) is 0.124. The van der Waals surface area contributed by atoms with Crippen LogP contribution in [-0.4, -0.2) is 35.1 Å². The molecule has 3 heterocycles. The first-order valence-electron chi connectivity index (χ1n) is 4.48. The predicted molar refractivity (Wildman–Crippen MR) is 48.3 cm³/mol. The van der Waals surface area contributed by atoms with Gasteiger partial charge in [0.2, 0.25) is 0 Å². The Morgan fingerprint density at radius 3 is 3.07 bits per heavy atom. The number of amides is 1. The lowest BCUT2D eigenvalue weighted by Gasteiger charge is -2.37. The van der Waals surface area contributed by atoms with Crippen LogP contribution in [0.15, 0.2) is 17.3 Å². The molecule has 2 aliphatic heterocycles. The molecule has 0 aromatic carbocycles. The summed E-state index contributed by atoms with van der Waals surface area (Å²) in [4.78, 5) is 15.4. The van der Waals surface area contributed by atoms with E-state index in [4.69, 9.17) is 4.74 Å². The number of hydrogen-bond acceptors (Lipinski definition) is 3. The molecule has 3 rings (SSSR count). The van der Waals surface area contributed by atoms with E-state index in [1.54, 1.807) is 23.2 Å². The van der Waals surface area contributed by atoms with Crippen LogP contribution in [0, 0.1) is 5.41 Å². The molecule has 1 aromatic rings. The van der Waals surface area contributed by atoms with Crippen molar-refractivity contribution in [3.63, 3.8) is 0 Å². The number of nitrogens with zero attached hydrogens (tertiary/aromatic N) is 3. The molecule has 72 valence electrons. The Kier molecular flexibility index (Phi) is 1.41. The van der Waals surface area contributed by atoms with Gasteiger partial charge in [-0.15, -0.1) is 0 Å². The zero-order valence-corrected chi connectivity index (χ0v) is 7.51. The Morgan fingerprint density at radius 1 is 1.50 bits per heavy atom. The van der Waals surface area contributed by atoms with Gasteiger partial charge in [0.15, 0.2) is 0 Å². The first kappa shape index (κ1) is 7.87. The number of carbonyl (C=O) groups excluding carboxylic acids is 1. The summed E-state index contributed by atoms with van der Waals surface area (Å²) in [7, 11) is 0. The molecule has 1 amide bonds. The number of fused-ring (bicyclic) bond motifs is 1. The van der Waals surface area contributed by atoms with Gasteiger partial charge in [-0.25, -0.2) is 4.99 Å². The van der Waals surface area contributed by atoms with E-state index in [2.05, 4.69) is 10.1 Å². The lowest BCUT2D eigenvalue weighted by atomic mass is 9.87. The van der Waals surface area contributed by atoms with E-state index in [1.165, 1.54) is 0 Å². The maximum Gasteiger partial charge on any atom is 0.294 e. The first-order chi connectivity index (χ1) is 6.79. The van der Waals surface area contributed by atoms with Crippen molar-refractivity contribution in [2.24, 2.45) is 10.4 Å². The molecule has 1 fully saturated rings. The molecule has 5 nitrogen and oxygen atoms in total. The summed E-state index contributed by atoms with van der Waals surface area (Å²) in [5.41, 5.74) is 0.456. The maximum atomic E-state index is 11.5. The second-order valence-electron chi connectivity index (χ2n) is 3.79. The third-order valence-electron chi connectivity index (χ3n) is 2.64. The number of rotatable bonds is 0. The molecule has 0 aliphatic carbocycles. The Balaban J connectivity index is 2.07. The Bertz CT molecular complexity index is 417. The lowest BCUT2D eigenvalue weighted by molar-refractivity contribution is -0.0757. The van der Waals surface area contributed by atoms with Gasteiger partial charge < -0.3 is 4.74 Å². The van der Waals surface area contributed by atoms with Crippen LogP contribution in [-0.2, 0) is 11.3 Å². The molecule has 1 aromatic heterocycles. The van der Waals surface area contributed by atoms with Crippen LogP contribution in [0.1, 0.15) is 10.5 Å². The molecular weight excluding hydrogens is 182 g/mol. The fourth-order valence-corrected chi connectivity index (χ4v) is 1.77. The fraction of sp³-hybridized carbons (Fsp3) is 0.444. The highest BCUT2D eigenvalue weighted by molar-refractivity contribution is 5.99. The zero-order valence-electron chi connectivity index (χ0n) is 7.51. The zero-order chi connectivity index (χ0) is 9.60. The van der Waals surface area contributed by atoms with E-state index < -0.39 is 0 Å². The number of aliphatic imine (C=N–C) groups is 1. The summed E-state index contributed by atoms with van der Waals surface area (Å²) >= 11 is 0. The van der Waals surface area contributed by atoms with Gasteiger partial charge in [-0.2, -0.15) is 5.10 Å². The number of carbonyl (C=O) groups is 1. The summed E-state index contributed by atoms with van der Waals surface area (Å²) in [5.74, 6) is -0.216. The van der Waals surface area contributed by atoms with Gasteiger partial charge in [0.1, 0.15) is 5.69 Å². The molecule has 0 radical (unpaired) electrons. The minimum absolute atomic E-state index is 0.104. The van der Waals surface area contributed by atoms with Crippen molar-refractivity contribution in [1.82, 2.24) is 9.78 Å². The van der Waals surface area contributed by atoms with Crippen molar-refractivity contribution in [2.75, 3.05) is 13.2 Å². The van der Waals surface area contributed by atoms with E-state index in [-0.39, 0.29) is 11.3 Å². The summed E-state index contributed by atoms with van der Waals surface area (Å²) in [5, 5.41) is 4.10. The van der Waals surface area contributed by atoms with Gasteiger partial charge in [-0.1, -0.05) is 0 Å². The topological polar surface area (TPSA) is 56.5 Å². The lowest BCUT2D eigenvalue weighted by Crippen LogP contribution is -2.47. The largest absolute Gasteiger partial charge is 0.379 e. The SMILES string of the molecule is O=C1N=CC2(COC2)Cn2nccc21. The summed E-state index contributed by atoms with van der Waals surface area (Å²) in [6.45, 7) is 1.94. The van der Waals surface area contributed by atoms with Gasteiger partial charge in [0.05, 0.1) is 25.2 Å². The third-order valence-corrected chi connectivity index (χ3v) is 2.64. The highest BCUT2D eigenvalue weighted by Gasteiger charge is 2.40. The molecule has 0 unspecified atom stereocenters. The van der Waals surface area contributed by atoms with E-state index in [0.717, 1.165) is 0 Å². The standard InChI is InChI=1S/C9H9N3O2/c13-8-7-1-2-11-12(7)4-9(3-10-8)5-14-6-9/h1-3H,4-6H2. The van der Waals surface area contributed by atoms with Crippen LogP contribution in [0.4, 0.5) is 0 Å². The molecule has 1 saturated heterocycles. The Morgan fingerprint density at radius 2 is 2.36 bits per heavy atom. The van der Waals surface area contributed by atoms with Gasteiger partial charge in [-0.05, 0) is 6.07 Å². The average Bonchev–Trinajstić information content (AvgIpc) is 2.51. The monoisotopic (exact) mass is 191 g/mol. The molecule has 0 saturated carbocycles. The van der Waals surface area contributed by atoms with Crippen molar-refractivity contribution in [3.05, 3.63) is 18.0 Å². The van der Waals surface area contributed by atoms with E-state index >= 15 is 0 Å². The molecule has 2 aliphatic rings. The summed E-state index contributed by atoms with van der Waals surface area (Å²) < 4.78 is 6.86. The first-order valence-corrected chi connectivity index (χ1v) is 4.48. The average molecular weight is 191 g/mol. The highest BCUT2D eigenvalue weighted by atomic mass is 16.5. The summed E-state index contributed by atoms with van der Waals surface area (Å²) in [6, 6.07) is 1.69. The Hall–Kier alpha value is -1.49. The fourth-order valence-electron chi connectivity index (χ4n) is 1.77. The van der Waals surface area contributed by atoms with Crippen LogP contribution in [0.5, 0.6) is 0 Å².